The van der Waals surface area contributed by atoms with E-state index in [2.05, 4.69) is 33.1 Å². The van der Waals surface area contributed by atoms with E-state index in [-0.39, 0.29) is 11.6 Å². The van der Waals surface area contributed by atoms with E-state index in [4.69, 9.17) is 37.4 Å². The molecule has 0 spiro atoms. The number of esters is 1. The highest BCUT2D eigenvalue weighted by atomic mass is 79.9. The molecule has 0 aromatic heterocycles. The Morgan fingerprint density at radius 1 is 1.03 bits per heavy atom. The molecule has 1 aliphatic heterocycles. The summed E-state index contributed by atoms with van der Waals surface area (Å²) in [4.78, 5) is 16.8. The van der Waals surface area contributed by atoms with Crippen molar-refractivity contribution in [3.8, 4) is 11.5 Å². The zero-order chi connectivity index (χ0) is 24.1. The third kappa shape index (κ3) is 5.81. The number of ether oxygens (including phenoxy) is 3. The molecule has 174 valence electrons. The maximum atomic E-state index is 12.4. The van der Waals surface area contributed by atoms with Crippen molar-refractivity contribution in [2.45, 2.75) is 13.3 Å². The van der Waals surface area contributed by atoms with E-state index in [1.807, 2.05) is 31.2 Å². The van der Waals surface area contributed by atoms with Crippen molar-refractivity contribution in [3.05, 3.63) is 97.6 Å². The summed E-state index contributed by atoms with van der Waals surface area (Å²) < 4.78 is 17.9. The highest BCUT2D eigenvalue weighted by Crippen LogP contribution is 2.38. The number of aliphatic imine (C=N–C) groups is 1. The Balaban J connectivity index is 1.57. The monoisotopic (exact) mass is 559 g/mol. The molecule has 34 heavy (non-hydrogen) atoms. The molecule has 1 aliphatic rings. The number of rotatable bonds is 8. The van der Waals surface area contributed by atoms with Crippen LogP contribution in [0.2, 0.25) is 10.0 Å². The van der Waals surface area contributed by atoms with Crippen molar-refractivity contribution in [2.75, 3.05) is 13.2 Å². The van der Waals surface area contributed by atoms with Crippen LogP contribution in [0.5, 0.6) is 11.5 Å². The first-order valence-electron chi connectivity index (χ1n) is 10.6. The lowest BCUT2D eigenvalue weighted by molar-refractivity contribution is -0.129. The fraction of sp³-hybridized carbons (Fsp3) is 0.154. The molecule has 0 saturated carbocycles. The molecule has 3 aromatic carbocycles. The molecule has 5 nitrogen and oxygen atoms in total. The summed E-state index contributed by atoms with van der Waals surface area (Å²) in [5, 5.41) is 0.758. The van der Waals surface area contributed by atoms with Crippen LogP contribution < -0.4 is 9.47 Å². The Hall–Kier alpha value is -2.80. The summed E-state index contributed by atoms with van der Waals surface area (Å²) in [5.41, 5.74) is 2.61. The molecule has 0 aliphatic carbocycles. The van der Waals surface area contributed by atoms with Gasteiger partial charge in [0.15, 0.2) is 17.2 Å². The molecular weight excluding hydrogens is 541 g/mol. The lowest BCUT2D eigenvalue weighted by atomic mass is 10.1. The number of hydrogen-bond acceptors (Lipinski definition) is 5. The summed E-state index contributed by atoms with van der Waals surface area (Å²) in [6, 6.07) is 18.7. The quantitative estimate of drug-likeness (QED) is 0.217. The van der Waals surface area contributed by atoms with Gasteiger partial charge >= 0.3 is 5.97 Å². The zero-order valence-corrected chi connectivity index (χ0v) is 21.3. The van der Waals surface area contributed by atoms with Crippen LogP contribution in [0.1, 0.15) is 23.6 Å². The number of benzene rings is 3. The zero-order valence-electron chi connectivity index (χ0n) is 18.2. The predicted octanol–water partition coefficient (Wildman–Crippen LogP) is 7.12. The first-order valence-corrected chi connectivity index (χ1v) is 12.1. The van der Waals surface area contributed by atoms with Crippen LogP contribution >= 0.6 is 39.1 Å². The summed E-state index contributed by atoms with van der Waals surface area (Å²) >= 11 is 15.6. The Labute approximate surface area is 216 Å². The topological polar surface area (TPSA) is 57.1 Å². The van der Waals surface area contributed by atoms with Crippen LogP contribution in [0.25, 0.3) is 6.08 Å². The normalized spacial score (nSPS) is 14.2. The lowest BCUT2D eigenvalue weighted by Gasteiger charge is -2.15. The van der Waals surface area contributed by atoms with Crippen molar-refractivity contribution in [1.82, 2.24) is 0 Å². The molecule has 1 heterocycles. The third-order valence-corrected chi connectivity index (χ3v) is 6.23. The van der Waals surface area contributed by atoms with Crippen LogP contribution in [0.15, 0.2) is 75.8 Å². The van der Waals surface area contributed by atoms with E-state index in [1.165, 1.54) is 5.56 Å². The Morgan fingerprint density at radius 3 is 2.56 bits per heavy atom. The third-order valence-electron chi connectivity index (χ3n) is 4.90. The van der Waals surface area contributed by atoms with Crippen molar-refractivity contribution in [1.29, 1.82) is 0 Å². The van der Waals surface area contributed by atoms with Gasteiger partial charge in [0, 0.05) is 12.0 Å². The standard InChI is InChI=1S/C26H20BrCl2NO4/c1-2-32-23-14-17(12-19(27)24(23)33-11-10-16-6-4-3-5-7-16)13-22-26(31)34-25(30-22)18-8-9-20(28)21(29)15-18/h3-9,12-15H,2,10-11H2,1H3/b22-13-. The number of nitrogens with zero attached hydrogens (tertiary/aromatic N) is 1. The highest BCUT2D eigenvalue weighted by molar-refractivity contribution is 9.10. The fourth-order valence-electron chi connectivity index (χ4n) is 3.31. The van der Waals surface area contributed by atoms with E-state index in [1.54, 1.807) is 30.3 Å². The Morgan fingerprint density at radius 2 is 1.82 bits per heavy atom. The van der Waals surface area contributed by atoms with E-state index in [9.17, 15) is 4.79 Å². The fourth-order valence-corrected chi connectivity index (χ4v) is 4.18. The van der Waals surface area contributed by atoms with E-state index < -0.39 is 5.97 Å². The molecule has 3 aromatic rings. The summed E-state index contributed by atoms with van der Waals surface area (Å²) in [6.45, 7) is 2.85. The maximum absolute atomic E-state index is 12.4. The van der Waals surface area contributed by atoms with Gasteiger partial charge in [0.2, 0.25) is 5.90 Å². The van der Waals surface area contributed by atoms with Crippen LogP contribution in [0, 0.1) is 0 Å². The first kappa shape index (κ1) is 24.3. The molecule has 0 amide bonds. The van der Waals surface area contributed by atoms with Crippen molar-refractivity contribution < 1.29 is 19.0 Å². The van der Waals surface area contributed by atoms with Gasteiger partial charge in [-0.05, 0) is 70.4 Å². The molecule has 0 unspecified atom stereocenters. The largest absolute Gasteiger partial charge is 0.490 e. The van der Waals surface area contributed by atoms with Gasteiger partial charge in [-0.3, -0.25) is 0 Å². The second-order valence-electron chi connectivity index (χ2n) is 7.31. The van der Waals surface area contributed by atoms with Crippen LogP contribution in [-0.4, -0.2) is 25.1 Å². The van der Waals surface area contributed by atoms with E-state index >= 15 is 0 Å². The summed E-state index contributed by atoms with van der Waals surface area (Å²) in [7, 11) is 0. The average Bonchev–Trinajstić information content (AvgIpc) is 3.18. The maximum Gasteiger partial charge on any atom is 0.363 e. The number of cyclic esters (lactones) is 1. The molecule has 8 heteroatoms. The smallest absolute Gasteiger partial charge is 0.363 e. The minimum absolute atomic E-state index is 0.160. The number of hydrogen-bond donors (Lipinski definition) is 0. The van der Waals surface area contributed by atoms with Gasteiger partial charge in [0.25, 0.3) is 0 Å². The van der Waals surface area contributed by atoms with Gasteiger partial charge in [-0.1, -0.05) is 53.5 Å². The first-order chi connectivity index (χ1) is 16.4. The Bertz CT molecular complexity index is 1280. The second-order valence-corrected chi connectivity index (χ2v) is 8.98. The number of carbonyl (C=O) groups is 1. The SMILES string of the molecule is CCOc1cc(/C=C2\N=C(c3ccc(Cl)c(Cl)c3)OC2=O)cc(Br)c1OCCc1ccccc1. The van der Waals surface area contributed by atoms with Gasteiger partial charge in [-0.2, -0.15) is 0 Å². The number of carbonyl (C=O) groups excluding carboxylic acids is 1. The minimum Gasteiger partial charge on any atom is -0.490 e. The summed E-state index contributed by atoms with van der Waals surface area (Å²) in [5.74, 6) is 0.781. The molecule has 0 bridgehead atoms. The van der Waals surface area contributed by atoms with Gasteiger partial charge < -0.3 is 14.2 Å². The second kappa shape index (κ2) is 11.1. The summed E-state index contributed by atoms with van der Waals surface area (Å²) in [6.07, 6.45) is 2.40. The average molecular weight is 561 g/mol. The van der Waals surface area contributed by atoms with Crippen molar-refractivity contribution in [3.63, 3.8) is 0 Å². The van der Waals surface area contributed by atoms with Gasteiger partial charge in [-0.25, -0.2) is 9.79 Å². The van der Waals surface area contributed by atoms with Gasteiger partial charge in [0.1, 0.15) is 0 Å². The van der Waals surface area contributed by atoms with Crippen LogP contribution in [-0.2, 0) is 16.0 Å². The van der Waals surface area contributed by atoms with E-state index in [0.29, 0.717) is 50.4 Å². The molecule has 0 N–H and O–H groups in total. The lowest BCUT2D eigenvalue weighted by Crippen LogP contribution is -2.05. The Kier molecular flexibility index (Phi) is 7.93. The van der Waals surface area contributed by atoms with Crippen molar-refractivity contribution >= 4 is 57.1 Å². The minimum atomic E-state index is -0.557. The van der Waals surface area contributed by atoms with Gasteiger partial charge in [0.05, 0.1) is 27.7 Å². The van der Waals surface area contributed by atoms with Crippen LogP contribution in [0.4, 0.5) is 0 Å². The molecular formula is C26H20BrCl2NO4. The number of halogens is 3. The van der Waals surface area contributed by atoms with Crippen LogP contribution in [0.3, 0.4) is 0 Å². The van der Waals surface area contributed by atoms with Gasteiger partial charge in [-0.15, -0.1) is 0 Å². The molecule has 4 rings (SSSR count). The molecule has 0 fully saturated rings. The molecule has 0 atom stereocenters. The molecule has 0 saturated heterocycles. The van der Waals surface area contributed by atoms with Crippen molar-refractivity contribution in [2.24, 2.45) is 4.99 Å². The highest BCUT2D eigenvalue weighted by Gasteiger charge is 2.25. The molecule has 0 radical (unpaired) electrons. The van der Waals surface area contributed by atoms with E-state index in [0.717, 1.165) is 6.42 Å². The predicted molar refractivity (Wildman–Crippen MR) is 138 cm³/mol.